The molecule has 3 fully saturated rings. The van der Waals surface area contributed by atoms with Crippen LogP contribution in [-0.2, 0) is 19.1 Å². The zero-order chi connectivity index (χ0) is 17.4. The van der Waals surface area contributed by atoms with E-state index in [2.05, 4.69) is 10.2 Å². The number of piperidine rings is 2. The molecule has 1 N–H and O–H groups in total. The number of carbonyl (C=O) groups excluding carboxylic acids is 3. The first-order valence-electron chi connectivity index (χ1n) is 8.89. The Morgan fingerprint density at radius 3 is 2.40 bits per heavy atom. The summed E-state index contributed by atoms with van der Waals surface area (Å²) in [5.41, 5.74) is 1.84. The molecule has 0 radical (unpaired) electrons. The molecule has 132 valence electrons. The molecule has 0 bridgehead atoms. The summed E-state index contributed by atoms with van der Waals surface area (Å²) < 4.78 is 5.75. The molecule has 25 heavy (non-hydrogen) atoms. The number of benzene rings is 1. The predicted molar refractivity (Wildman–Crippen MR) is 91.3 cm³/mol. The number of ether oxygens (including phenoxy) is 1. The molecule has 1 spiro atoms. The van der Waals surface area contributed by atoms with Crippen LogP contribution in [0.2, 0.25) is 0 Å². The lowest BCUT2D eigenvalue weighted by molar-refractivity contribution is -0.134. The molecular formula is C19H22N2O4. The Labute approximate surface area is 146 Å². The van der Waals surface area contributed by atoms with Gasteiger partial charge in [-0.15, -0.1) is 0 Å². The molecule has 3 aliphatic heterocycles. The monoisotopic (exact) mass is 342 g/mol. The molecule has 1 aromatic carbocycles. The average molecular weight is 342 g/mol. The van der Waals surface area contributed by atoms with Gasteiger partial charge in [0.15, 0.2) is 5.78 Å². The fourth-order valence-corrected chi connectivity index (χ4v) is 4.12. The van der Waals surface area contributed by atoms with E-state index in [9.17, 15) is 14.4 Å². The van der Waals surface area contributed by atoms with Gasteiger partial charge in [-0.3, -0.25) is 19.7 Å². The number of rotatable bonds is 2. The SMILES string of the molecule is O=C1COC2(CCN(c3ccc([C@H]4CCC(=O)NC4=O)cc3)CC2)C1. The van der Waals surface area contributed by atoms with E-state index in [0.29, 0.717) is 19.3 Å². The van der Waals surface area contributed by atoms with Gasteiger partial charge in [-0.2, -0.15) is 0 Å². The molecule has 6 nitrogen and oxygen atoms in total. The minimum Gasteiger partial charge on any atom is -0.371 e. The Kier molecular flexibility index (Phi) is 4.07. The summed E-state index contributed by atoms with van der Waals surface area (Å²) in [5, 5.41) is 2.41. The van der Waals surface area contributed by atoms with Crippen molar-refractivity contribution >= 4 is 23.3 Å². The Morgan fingerprint density at radius 1 is 1.08 bits per heavy atom. The number of ketones is 1. The van der Waals surface area contributed by atoms with E-state index in [1.807, 2.05) is 24.3 Å². The van der Waals surface area contributed by atoms with E-state index in [-0.39, 0.29) is 35.7 Å². The van der Waals surface area contributed by atoms with Gasteiger partial charge in [0.2, 0.25) is 11.8 Å². The largest absolute Gasteiger partial charge is 0.371 e. The van der Waals surface area contributed by atoms with E-state index in [0.717, 1.165) is 37.2 Å². The number of nitrogens with one attached hydrogen (secondary N) is 1. The molecule has 0 aromatic heterocycles. The summed E-state index contributed by atoms with van der Waals surface area (Å²) in [6.45, 7) is 2.00. The Morgan fingerprint density at radius 2 is 1.80 bits per heavy atom. The molecule has 3 saturated heterocycles. The van der Waals surface area contributed by atoms with Gasteiger partial charge in [-0.1, -0.05) is 12.1 Å². The van der Waals surface area contributed by atoms with E-state index in [4.69, 9.17) is 4.74 Å². The van der Waals surface area contributed by atoms with Gasteiger partial charge in [-0.25, -0.2) is 0 Å². The first-order chi connectivity index (χ1) is 12.0. The van der Waals surface area contributed by atoms with Gasteiger partial charge in [-0.05, 0) is 37.0 Å². The second-order valence-electron chi connectivity index (χ2n) is 7.27. The summed E-state index contributed by atoms with van der Waals surface area (Å²) in [5.74, 6) is -0.420. The maximum absolute atomic E-state index is 12.0. The van der Waals surface area contributed by atoms with E-state index in [1.54, 1.807) is 0 Å². The normalized spacial score (nSPS) is 26.2. The van der Waals surface area contributed by atoms with Crippen LogP contribution in [0.25, 0.3) is 0 Å². The zero-order valence-corrected chi connectivity index (χ0v) is 14.1. The van der Waals surface area contributed by atoms with Crippen molar-refractivity contribution < 1.29 is 19.1 Å². The van der Waals surface area contributed by atoms with Crippen LogP contribution in [0, 0.1) is 0 Å². The molecule has 0 unspecified atom stereocenters. The highest BCUT2D eigenvalue weighted by Gasteiger charge is 2.42. The molecule has 1 atom stereocenters. The van der Waals surface area contributed by atoms with Crippen molar-refractivity contribution in [2.45, 2.75) is 43.6 Å². The number of hydrogen-bond acceptors (Lipinski definition) is 5. The number of nitrogens with zero attached hydrogens (tertiary/aromatic N) is 1. The molecular weight excluding hydrogens is 320 g/mol. The van der Waals surface area contributed by atoms with Crippen molar-refractivity contribution in [1.82, 2.24) is 5.32 Å². The van der Waals surface area contributed by atoms with Crippen LogP contribution in [0.15, 0.2) is 24.3 Å². The van der Waals surface area contributed by atoms with Crippen molar-refractivity contribution in [3.63, 3.8) is 0 Å². The molecule has 0 aliphatic carbocycles. The maximum atomic E-state index is 12.0. The van der Waals surface area contributed by atoms with Crippen LogP contribution in [0.5, 0.6) is 0 Å². The lowest BCUT2D eigenvalue weighted by Gasteiger charge is -2.39. The third-order valence-corrected chi connectivity index (χ3v) is 5.63. The number of anilines is 1. The van der Waals surface area contributed by atoms with Crippen LogP contribution in [0.4, 0.5) is 5.69 Å². The molecule has 4 rings (SSSR count). The van der Waals surface area contributed by atoms with Crippen LogP contribution in [-0.4, -0.2) is 42.9 Å². The number of carbonyl (C=O) groups is 3. The zero-order valence-electron chi connectivity index (χ0n) is 14.1. The summed E-state index contributed by atoms with van der Waals surface area (Å²) in [4.78, 5) is 37.1. The molecule has 1 aromatic rings. The fraction of sp³-hybridized carbons (Fsp3) is 0.526. The van der Waals surface area contributed by atoms with Crippen molar-refractivity contribution in [3.8, 4) is 0 Å². The predicted octanol–water partition coefficient (Wildman–Crippen LogP) is 1.54. The Bertz CT molecular complexity index is 705. The van der Waals surface area contributed by atoms with Crippen LogP contribution >= 0.6 is 0 Å². The van der Waals surface area contributed by atoms with Gasteiger partial charge in [0.05, 0.1) is 11.5 Å². The standard InChI is InChI=1S/C19H22N2O4/c22-15-11-19(25-12-15)7-9-21(10-8-19)14-3-1-13(2-4-14)16-5-6-17(23)20-18(16)24/h1-4,16H,5-12H2,(H,20,23,24)/t16-/m1/s1. The topological polar surface area (TPSA) is 75.7 Å². The molecule has 3 heterocycles. The number of amides is 2. The van der Waals surface area contributed by atoms with Crippen molar-refractivity contribution in [1.29, 1.82) is 0 Å². The van der Waals surface area contributed by atoms with Gasteiger partial charge >= 0.3 is 0 Å². The smallest absolute Gasteiger partial charge is 0.234 e. The van der Waals surface area contributed by atoms with Crippen LogP contribution < -0.4 is 10.2 Å². The van der Waals surface area contributed by atoms with Crippen molar-refractivity contribution in [2.24, 2.45) is 0 Å². The van der Waals surface area contributed by atoms with Crippen LogP contribution in [0.1, 0.15) is 43.6 Å². The number of Topliss-reactive ketones (excluding diaryl/α,β-unsaturated/α-hetero) is 1. The van der Waals surface area contributed by atoms with E-state index >= 15 is 0 Å². The Hall–Kier alpha value is -2.21. The van der Waals surface area contributed by atoms with E-state index in [1.165, 1.54) is 0 Å². The first-order valence-corrected chi connectivity index (χ1v) is 8.89. The minimum atomic E-state index is -0.241. The van der Waals surface area contributed by atoms with Gasteiger partial charge in [0.1, 0.15) is 6.61 Å². The van der Waals surface area contributed by atoms with E-state index < -0.39 is 0 Å². The third-order valence-electron chi connectivity index (χ3n) is 5.63. The second kappa shape index (κ2) is 6.26. The lowest BCUT2D eigenvalue weighted by atomic mass is 9.87. The molecule has 3 aliphatic rings. The minimum absolute atomic E-state index is 0.187. The quantitative estimate of drug-likeness (QED) is 0.825. The summed E-state index contributed by atoms with van der Waals surface area (Å²) in [7, 11) is 0. The maximum Gasteiger partial charge on any atom is 0.234 e. The van der Waals surface area contributed by atoms with Crippen molar-refractivity contribution in [2.75, 3.05) is 24.6 Å². The lowest BCUT2D eigenvalue weighted by Crippen LogP contribution is -2.44. The summed E-state index contributed by atoms with van der Waals surface area (Å²) >= 11 is 0. The third kappa shape index (κ3) is 3.18. The second-order valence-corrected chi connectivity index (χ2v) is 7.27. The highest BCUT2D eigenvalue weighted by molar-refractivity contribution is 6.00. The summed E-state index contributed by atoms with van der Waals surface area (Å²) in [6, 6.07) is 8.04. The average Bonchev–Trinajstić information content (AvgIpc) is 2.96. The number of imide groups is 1. The highest BCUT2D eigenvalue weighted by Crippen LogP contribution is 2.36. The number of hydrogen-bond donors (Lipinski definition) is 1. The van der Waals surface area contributed by atoms with Gasteiger partial charge in [0.25, 0.3) is 0 Å². The fourth-order valence-electron chi connectivity index (χ4n) is 4.12. The summed E-state index contributed by atoms with van der Waals surface area (Å²) in [6.07, 6.45) is 3.25. The van der Waals surface area contributed by atoms with Gasteiger partial charge < -0.3 is 9.64 Å². The van der Waals surface area contributed by atoms with Crippen LogP contribution in [0.3, 0.4) is 0 Å². The first kappa shape index (κ1) is 16.3. The molecule has 0 saturated carbocycles. The van der Waals surface area contributed by atoms with Crippen molar-refractivity contribution in [3.05, 3.63) is 29.8 Å². The Balaban J connectivity index is 1.40. The molecule has 2 amide bonds. The highest BCUT2D eigenvalue weighted by atomic mass is 16.5. The van der Waals surface area contributed by atoms with Gasteiger partial charge in [0, 0.05) is 31.6 Å². The molecule has 6 heteroatoms.